The number of carboxylic acids is 1. The highest BCUT2D eigenvalue weighted by Crippen LogP contribution is 2.55. The third-order valence-corrected chi connectivity index (χ3v) is 5.76. The Labute approximate surface area is 126 Å². The Kier molecular flexibility index (Phi) is 3.48. The molecule has 0 aromatic heterocycles. The number of hydrogen-bond donors (Lipinski definition) is 2. The first kappa shape index (κ1) is 15.4. The minimum absolute atomic E-state index is 0.000934. The molecule has 1 aromatic rings. The molecule has 2 saturated carbocycles. The Morgan fingerprint density at radius 1 is 1.23 bits per heavy atom. The summed E-state index contributed by atoms with van der Waals surface area (Å²) in [6.45, 7) is 0. The molecule has 8 heteroatoms. The lowest BCUT2D eigenvalue weighted by molar-refractivity contribution is -0.145. The zero-order valence-corrected chi connectivity index (χ0v) is 12.3. The fraction of sp³-hybridized carbons (Fsp3) is 0.500. The van der Waals surface area contributed by atoms with Gasteiger partial charge in [-0.15, -0.1) is 0 Å². The van der Waals surface area contributed by atoms with Gasteiger partial charge in [0.2, 0.25) is 10.0 Å². The Balaban J connectivity index is 1.64. The number of benzene rings is 1. The predicted molar refractivity (Wildman–Crippen MR) is 73.2 cm³/mol. The SMILES string of the molecule is O=C(O)C1CC(NS(=O)(=O)c2ccc(C3CC3(F)F)cc2)C1. The molecule has 0 bridgehead atoms. The van der Waals surface area contributed by atoms with Gasteiger partial charge in [-0.1, -0.05) is 12.1 Å². The van der Waals surface area contributed by atoms with Crippen LogP contribution in [0, 0.1) is 5.92 Å². The molecule has 1 aromatic carbocycles. The van der Waals surface area contributed by atoms with Crippen LogP contribution in [0.3, 0.4) is 0 Å². The van der Waals surface area contributed by atoms with Crippen LogP contribution in [0.25, 0.3) is 0 Å². The highest BCUT2D eigenvalue weighted by molar-refractivity contribution is 7.89. The third kappa shape index (κ3) is 2.85. The molecule has 0 spiro atoms. The first-order valence-corrected chi connectivity index (χ1v) is 8.40. The molecule has 1 unspecified atom stereocenters. The number of halogens is 2. The van der Waals surface area contributed by atoms with Gasteiger partial charge >= 0.3 is 5.97 Å². The van der Waals surface area contributed by atoms with Crippen molar-refractivity contribution < 1.29 is 27.1 Å². The first-order chi connectivity index (χ1) is 10.2. The van der Waals surface area contributed by atoms with E-state index in [4.69, 9.17) is 5.11 Å². The lowest BCUT2D eigenvalue weighted by Crippen LogP contribution is -2.46. The molecule has 0 heterocycles. The zero-order valence-electron chi connectivity index (χ0n) is 11.5. The van der Waals surface area contributed by atoms with Gasteiger partial charge in [0.1, 0.15) is 0 Å². The minimum atomic E-state index is -3.75. The molecule has 22 heavy (non-hydrogen) atoms. The number of carbonyl (C=O) groups is 1. The van der Waals surface area contributed by atoms with Gasteiger partial charge in [-0.3, -0.25) is 4.79 Å². The van der Waals surface area contributed by atoms with E-state index >= 15 is 0 Å². The Morgan fingerprint density at radius 2 is 1.77 bits per heavy atom. The zero-order chi connectivity index (χ0) is 16.1. The van der Waals surface area contributed by atoms with Crippen molar-refractivity contribution in [3.05, 3.63) is 29.8 Å². The Hall–Kier alpha value is -1.54. The van der Waals surface area contributed by atoms with Gasteiger partial charge in [0.15, 0.2) is 0 Å². The maximum absolute atomic E-state index is 13.0. The first-order valence-electron chi connectivity index (χ1n) is 6.92. The number of carboxylic acid groups (broad SMARTS) is 1. The van der Waals surface area contributed by atoms with Crippen LogP contribution < -0.4 is 4.72 Å². The van der Waals surface area contributed by atoms with Crippen molar-refractivity contribution in [3.63, 3.8) is 0 Å². The summed E-state index contributed by atoms with van der Waals surface area (Å²) in [5.41, 5.74) is 0.429. The largest absolute Gasteiger partial charge is 0.481 e. The third-order valence-electron chi connectivity index (χ3n) is 4.23. The standard InChI is InChI=1S/C14H15F2NO4S/c15-14(16)7-12(14)8-1-3-11(4-2-8)22(20,21)17-10-5-9(6-10)13(18)19/h1-4,9-10,12,17H,5-7H2,(H,18,19). The average molecular weight is 331 g/mol. The van der Waals surface area contributed by atoms with Gasteiger partial charge < -0.3 is 5.11 Å². The van der Waals surface area contributed by atoms with Crippen LogP contribution in [0.2, 0.25) is 0 Å². The summed E-state index contributed by atoms with van der Waals surface area (Å²) in [5.74, 6) is -4.94. The minimum Gasteiger partial charge on any atom is -0.481 e. The predicted octanol–water partition coefficient (Wildman–Crippen LogP) is 1.95. The molecule has 0 saturated heterocycles. The van der Waals surface area contributed by atoms with E-state index in [9.17, 15) is 22.0 Å². The highest BCUT2D eigenvalue weighted by Gasteiger charge is 2.57. The van der Waals surface area contributed by atoms with E-state index < -0.39 is 39.8 Å². The summed E-state index contributed by atoms with van der Waals surface area (Å²) in [5, 5.41) is 8.76. The van der Waals surface area contributed by atoms with Crippen LogP contribution in [-0.2, 0) is 14.8 Å². The molecule has 0 radical (unpaired) electrons. The van der Waals surface area contributed by atoms with Gasteiger partial charge in [-0.05, 0) is 30.5 Å². The Bertz CT molecular complexity index is 696. The van der Waals surface area contributed by atoms with Crippen molar-refractivity contribution in [2.45, 2.75) is 42.0 Å². The molecule has 5 nitrogen and oxygen atoms in total. The van der Waals surface area contributed by atoms with Crippen molar-refractivity contribution in [3.8, 4) is 0 Å². The van der Waals surface area contributed by atoms with Crippen molar-refractivity contribution in [2.24, 2.45) is 5.92 Å². The van der Waals surface area contributed by atoms with Gasteiger partial charge in [-0.25, -0.2) is 21.9 Å². The molecule has 2 aliphatic carbocycles. The molecular formula is C14H15F2NO4S. The van der Waals surface area contributed by atoms with E-state index in [0.717, 1.165) is 0 Å². The number of nitrogens with one attached hydrogen (secondary N) is 1. The number of aliphatic carboxylic acids is 1. The Morgan fingerprint density at radius 3 is 2.23 bits per heavy atom. The van der Waals surface area contributed by atoms with Gasteiger partial charge in [0.25, 0.3) is 5.92 Å². The maximum atomic E-state index is 13.0. The van der Waals surface area contributed by atoms with E-state index in [1.54, 1.807) is 0 Å². The molecular weight excluding hydrogens is 316 g/mol. The summed E-state index contributed by atoms with van der Waals surface area (Å²) >= 11 is 0. The summed E-state index contributed by atoms with van der Waals surface area (Å²) in [7, 11) is -3.75. The normalized spacial score (nSPS) is 29.6. The van der Waals surface area contributed by atoms with Gasteiger partial charge in [0.05, 0.1) is 16.7 Å². The molecule has 0 amide bonds. The molecule has 2 N–H and O–H groups in total. The van der Waals surface area contributed by atoms with E-state index in [2.05, 4.69) is 4.72 Å². The smallest absolute Gasteiger partial charge is 0.306 e. The fourth-order valence-corrected chi connectivity index (χ4v) is 3.92. The van der Waals surface area contributed by atoms with E-state index in [0.29, 0.717) is 5.56 Å². The number of sulfonamides is 1. The summed E-state index contributed by atoms with van der Waals surface area (Å²) in [6.07, 6.45) is 0.331. The van der Waals surface area contributed by atoms with Crippen molar-refractivity contribution in [1.29, 1.82) is 0 Å². The summed E-state index contributed by atoms with van der Waals surface area (Å²) < 4.78 is 52.6. The van der Waals surface area contributed by atoms with Crippen LogP contribution in [0.15, 0.2) is 29.2 Å². The molecule has 1 atom stereocenters. The molecule has 2 fully saturated rings. The van der Waals surface area contributed by atoms with Gasteiger partial charge in [0, 0.05) is 12.5 Å². The van der Waals surface area contributed by atoms with Crippen LogP contribution in [0.1, 0.15) is 30.7 Å². The summed E-state index contributed by atoms with van der Waals surface area (Å²) in [6, 6.07) is 5.03. The number of hydrogen-bond acceptors (Lipinski definition) is 3. The van der Waals surface area contributed by atoms with E-state index in [1.165, 1.54) is 24.3 Å². The van der Waals surface area contributed by atoms with Crippen LogP contribution in [0.5, 0.6) is 0 Å². The van der Waals surface area contributed by atoms with Crippen molar-refractivity contribution in [1.82, 2.24) is 4.72 Å². The van der Waals surface area contributed by atoms with Crippen LogP contribution in [-0.4, -0.2) is 31.5 Å². The van der Waals surface area contributed by atoms with Crippen molar-refractivity contribution >= 4 is 16.0 Å². The second-order valence-electron chi connectivity index (χ2n) is 5.91. The second kappa shape index (κ2) is 4.99. The molecule has 120 valence electrons. The number of alkyl halides is 2. The molecule has 3 rings (SSSR count). The highest BCUT2D eigenvalue weighted by atomic mass is 32.2. The van der Waals surface area contributed by atoms with E-state index in [-0.39, 0.29) is 24.2 Å². The maximum Gasteiger partial charge on any atom is 0.306 e. The quantitative estimate of drug-likeness (QED) is 0.864. The van der Waals surface area contributed by atoms with Crippen molar-refractivity contribution in [2.75, 3.05) is 0 Å². The van der Waals surface area contributed by atoms with Gasteiger partial charge in [-0.2, -0.15) is 0 Å². The lowest BCUT2D eigenvalue weighted by Gasteiger charge is -2.32. The average Bonchev–Trinajstić information content (AvgIpc) is 3.02. The second-order valence-corrected chi connectivity index (χ2v) is 7.63. The van der Waals surface area contributed by atoms with Crippen LogP contribution >= 0.6 is 0 Å². The number of rotatable bonds is 5. The van der Waals surface area contributed by atoms with E-state index in [1.807, 2.05) is 0 Å². The lowest BCUT2D eigenvalue weighted by atomic mass is 9.81. The summed E-state index contributed by atoms with van der Waals surface area (Å²) in [4.78, 5) is 10.7. The molecule has 0 aliphatic heterocycles. The topological polar surface area (TPSA) is 83.5 Å². The fourth-order valence-electron chi connectivity index (χ4n) is 2.66. The molecule has 2 aliphatic rings. The monoisotopic (exact) mass is 331 g/mol. The van der Waals surface area contributed by atoms with Crippen LogP contribution in [0.4, 0.5) is 8.78 Å².